The Morgan fingerprint density at radius 3 is 2.11 bits per heavy atom. The third-order valence-corrected chi connectivity index (χ3v) is 6.57. The summed E-state index contributed by atoms with van der Waals surface area (Å²) in [6.07, 6.45) is 2.20. The molecule has 198 valence electrons. The molecule has 1 N–H and O–H groups in total. The minimum absolute atomic E-state index is 0.277. The Hall–Kier alpha value is -4.09. The second-order valence-corrected chi connectivity index (χ2v) is 10.1. The van der Waals surface area contributed by atoms with Crippen LogP contribution in [0.25, 0.3) is 33.8 Å². The highest BCUT2D eigenvalue weighted by Gasteiger charge is 2.36. The number of fused-ring (bicyclic) bond motifs is 3. The maximum Gasteiger partial charge on any atom is 0.485 e. The summed E-state index contributed by atoms with van der Waals surface area (Å²) in [5.74, 6) is 0.277. The van der Waals surface area contributed by atoms with Crippen molar-refractivity contribution in [1.29, 1.82) is 0 Å². The van der Waals surface area contributed by atoms with Crippen molar-refractivity contribution in [2.24, 2.45) is 7.05 Å². The van der Waals surface area contributed by atoms with E-state index in [-0.39, 0.29) is 5.75 Å². The van der Waals surface area contributed by atoms with E-state index in [9.17, 15) is 18.3 Å². The lowest BCUT2D eigenvalue weighted by atomic mass is 10.1. The number of halogens is 3. The fraction of sp³-hybridized carbons (Fsp3) is 0.148. The van der Waals surface area contributed by atoms with Gasteiger partial charge in [-0.05, 0) is 54.1 Å². The highest BCUT2D eigenvalue weighted by Crippen LogP contribution is 2.24. The van der Waals surface area contributed by atoms with E-state index in [1.165, 1.54) is 11.3 Å². The Morgan fingerprint density at radius 1 is 0.947 bits per heavy atom. The van der Waals surface area contributed by atoms with Gasteiger partial charge in [0.2, 0.25) is 5.69 Å². The molecule has 0 saturated carbocycles. The van der Waals surface area contributed by atoms with Crippen molar-refractivity contribution in [1.82, 2.24) is 4.52 Å². The molecule has 0 atom stereocenters. The second kappa shape index (κ2) is 9.99. The van der Waals surface area contributed by atoms with Crippen molar-refractivity contribution in [3.63, 3.8) is 0 Å². The van der Waals surface area contributed by atoms with Crippen molar-refractivity contribution in [3.05, 3.63) is 89.6 Å². The van der Waals surface area contributed by atoms with Crippen LogP contribution < -0.4 is 14.8 Å². The van der Waals surface area contributed by atoms with Crippen LogP contribution >= 0.6 is 0 Å². The van der Waals surface area contributed by atoms with Gasteiger partial charge in [0, 0.05) is 42.0 Å². The average molecular weight is 544 g/mol. The largest absolute Gasteiger partial charge is 0.741 e. The fourth-order valence-electron chi connectivity index (χ4n) is 4.17. The van der Waals surface area contributed by atoms with Gasteiger partial charge in [-0.15, -0.1) is 9.20 Å². The molecule has 0 unspecified atom stereocenters. The molecule has 0 saturated heterocycles. The smallest absolute Gasteiger partial charge is 0.485 e. The Bertz CT molecular complexity index is 1760. The number of alkyl halides is 3. The molecule has 0 spiro atoms. The molecule has 2 aromatic heterocycles. The number of hydrogen-bond donors (Lipinski definition) is 1. The highest BCUT2D eigenvalue weighted by molar-refractivity contribution is 7.86. The monoisotopic (exact) mass is 543 g/mol. The molecule has 2 heterocycles. The van der Waals surface area contributed by atoms with Crippen LogP contribution in [0, 0.1) is 0 Å². The average Bonchev–Trinajstić information content (AvgIpc) is 3.33. The predicted molar refractivity (Wildman–Crippen MR) is 138 cm³/mol. The van der Waals surface area contributed by atoms with Crippen molar-refractivity contribution in [2.75, 3.05) is 19.0 Å². The van der Waals surface area contributed by atoms with Gasteiger partial charge in [0.1, 0.15) is 16.8 Å². The normalized spacial score (nSPS) is 12.6. The van der Waals surface area contributed by atoms with Crippen molar-refractivity contribution in [3.8, 4) is 17.0 Å². The molecule has 38 heavy (non-hydrogen) atoms. The summed E-state index contributed by atoms with van der Waals surface area (Å²) in [5, 5.41) is 12.3. The highest BCUT2D eigenvalue weighted by atomic mass is 32.2. The van der Waals surface area contributed by atoms with E-state index < -0.39 is 15.6 Å². The maximum absolute atomic E-state index is 10.7. The molecule has 7 nitrogen and oxygen atoms in total. The van der Waals surface area contributed by atoms with E-state index in [0.717, 1.165) is 32.9 Å². The number of benzene rings is 3. The van der Waals surface area contributed by atoms with Gasteiger partial charge in [-0.3, -0.25) is 0 Å². The quantitative estimate of drug-likeness (QED) is 0.212. The maximum atomic E-state index is 10.7. The summed E-state index contributed by atoms with van der Waals surface area (Å²) in [4.78, 5) is 2.09. The predicted octanol–water partition coefficient (Wildman–Crippen LogP) is 3.95. The van der Waals surface area contributed by atoms with Gasteiger partial charge in [0.05, 0.1) is 0 Å². The third kappa shape index (κ3) is 5.29. The first-order valence-electron chi connectivity index (χ1n) is 11.3. The fourth-order valence-corrected chi connectivity index (χ4v) is 4.17. The minimum Gasteiger partial charge on any atom is -0.741 e. The summed E-state index contributed by atoms with van der Waals surface area (Å²) >= 11 is 0. The van der Waals surface area contributed by atoms with Crippen LogP contribution in [0.15, 0.2) is 78.9 Å². The molecule has 0 amide bonds. The van der Waals surface area contributed by atoms with Gasteiger partial charge in [-0.25, -0.2) is 8.42 Å². The van der Waals surface area contributed by atoms with Gasteiger partial charge >= 0.3 is 5.51 Å². The number of aromatic hydroxyl groups is 1. The van der Waals surface area contributed by atoms with E-state index in [0.29, 0.717) is 0 Å². The summed E-state index contributed by atoms with van der Waals surface area (Å²) < 4.78 is 63.3. The minimum atomic E-state index is -6.09. The lowest BCUT2D eigenvalue weighted by molar-refractivity contribution is -0.725. The summed E-state index contributed by atoms with van der Waals surface area (Å²) in [6.45, 7) is 0. The molecule has 0 fully saturated rings. The van der Waals surface area contributed by atoms with E-state index in [2.05, 4.69) is 81.8 Å². The van der Waals surface area contributed by atoms with Crippen LogP contribution in [-0.2, 0) is 17.2 Å². The zero-order valence-electron chi connectivity index (χ0n) is 20.6. The van der Waals surface area contributed by atoms with E-state index in [1.54, 1.807) is 6.07 Å². The number of phenols is 1. The van der Waals surface area contributed by atoms with Crippen LogP contribution in [-0.4, -0.2) is 42.2 Å². The van der Waals surface area contributed by atoms with Crippen LogP contribution in [0.4, 0.5) is 18.9 Å². The Balaban J connectivity index is 0.000000368. The number of hydrogen-bond acceptors (Lipinski definition) is 5. The first kappa shape index (κ1) is 27.0. The topological polar surface area (TPSA) is 89.0 Å². The van der Waals surface area contributed by atoms with Crippen LogP contribution in [0.3, 0.4) is 0 Å². The molecular formula is C27H24F3N3O4S. The van der Waals surface area contributed by atoms with Crippen LogP contribution in [0.1, 0.15) is 5.56 Å². The number of rotatable bonds is 3. The molecule has 0 aliphatic rings. The van der Waals surface area contributed by atoms with Crippen LogP contribution in [0.2, 0.25) is 0 Å². The summed E-state index contributed by atoms with van der Waals surface area (Å²) in [6, 6.07) is 26.8. The van der Waals surface area contributed by atoms with E-state index in [1.807, 2.05) is 32.3 Å². The molecule has 0 radical (unpaired) electrons. The molecule has 11 heteroatoms. The molecule has 0 bridgehead atoms. The number of phenolic OH excluding ortho intramolecular Hbond substituents is 1. The van der Waals surface area contributed by atoms with Crippen LogP contribution in [0.5, 0.6) is 5.75 Å². The lowest BCUT2D eigenvalue weighted by Crippen LogP contribution is -2.36. The van der Waals surface area contributed by atoms with E-state index >= 15 is 0 Å². The first-order valence-corrected chi connectivity index (χ1v) is 12.7. The zero-order chi connectivity index (χ0) is 27.8. The number of anilines is 1. The molecule has 0 aliphatic heterocycles. The molecule has 5 rings (SSSR count). The second-order valence-electron chi connectivity index (χ2n) is 8.76. The lowest BCUT2D eigenvalue weighted by Gasteiger charge is -2.11. The Kier molecular flexibility index (Phi) is 7.09. The van der Waals surface area contributed by atoms with Crippen molar-refractivity contribution in [2.45, 2.75) is 5.51 Å². The molecule has 5 aromatic rings. The third-order valence-electron chi connectivity index (χ3n) is 6.00. The van der Waals surface area contributed by atoms with Gasteiger partial charge in [0.25, 0.3) is 0 Å². The first-order chi connectivity index (χ1) is 17.8. The number of nitrogens with zero attached hydrogens (tertiary/aromatic N) is 3. The summed E-state index contributed by atoms with van der Waals surface area (Å²) in [7, 11) is 0.0766. The SMILES string of the molecule is CN(C)c1ccc(C=c2c3cc(O)ccc3n3c2cc(-c2ccccc2)[n+]3C)cc1.O=S(=O)([O-])C(F)(F)F. The Labute approximate surface area is 217 Å². The number of aromatic nitrogens is 2. The van der Waals surface area contributed by atoms with Gasteiger partial charge < -0.3 is 14.6 Å². The van der Waals surface area contributed by atoms with Gasteiger partial charge in [-0.1, -0.05) is 30.3 Å². The zero-order valence-corrected chi connectivity index (χ0v) is 21.5. The van der Waals surface area contributed by atoms with E-state index in [4.69, 9.17) is 13.0 Å². The van der Waals surface area contributed by atoms with Crippen molar-refractivity contribution >= 4 is 38.3 Å². The van der Waals surface area contributed by atoms with Crippen molar-refractivity contribution < 1.29 is 35.9 Å². The van der Waals surface area contributed by atoms with Gasteiger partial charge in [0.15, 0.2) is 17.2 Å². The molecular weight excluding hydrogens is 519 g/mol. The summed E-state index contributed by atoms with van der Waals surface area (Å²) in [5.41, 5.74) is 1.17. The van der Waals surface area contributed by atoms with Gasteiger partial charge in [-0.2, -0.15) is 13.2 Å². The standard InChI is InChI=1S/C26H23N3O.CHF3O3S/c1-27(2)20-11-9-18(10-12-20)15-22-23-16-21(30)13-14-24(23)29-26(22)17-25(28(29)3)19-7-5-4-6-8-19;2-1(3,4)8(5,6)7/h4-17H,1-3H3;(H,5,6,7). The Morgan fingerprint density at radius 2 is 1.55 bits per heavy atom. The molecule has 0 aliphatic carbocycles. The number of aryl methyl sites for hydroxylation is 1. The molecule has 3 aromatic carbocycles.